The van der Waals surface area contributed by atoms with Gasteiger partial charge in [-0.15, -0.1) is 53.6 Å². The van der Waals surface area contributed by atoms with Crippen molar-refractivity contribution in [2.45, 2.75) is 92.8 Å². The van der Waals surface area contributed by atoms with Crippen molar-refractivity contribution < 1.29 is 28.6 Å². The van der Waals surface area contributed by atoms with Crippen molar-refractivity contribution in [3.63, 3.8) is 0 Å². The van der Waals surface area contributed by atoms with Gasteiger partial charge in [-0.25, -0.2) is 0 Å². The molecule has 1 radical (unpaired) electrons. The van der Waals surface area contributed by atoms with E-state index in [4.69, 9.17) is 18.5 Å². The second kappa shape index (κ2) is 18.2. The summed E-state index contributed by atoms with van der Waals surface area (Å²) in [5, 5.41) is 1.37. The number of fused-ring (bicyclic) bond motifs is 5. The molecule has 7 aromatic carbocycles. The third-order valence-electron chi connectivity index (χ3n) is 12.1. The van der Waals surface area contributed by atoms with Crippen LogP contribution in [0.15, 0.2) is 138 Å². The maximum absolute atomic E-state index is 8.23. The van der Waals surface area contributed by atoms with Crippen molar-refractivity contribution in [2.75, 3.05) is 0 Å². The van der Waals surface area contributed by atoms with Gasteiger partial charge in [0, 0.05) is 41.0 Å². The first-order valence-corrected chi connectivity index (χ1v) is 22.2. The predicted molar refractivity (Wildman–Crippen MR) is 264 cm³/mol. The van der Waals surface area contributed by atoms with Gasteiger partial charge in [-0.1, -0.05) is 152 Å². The quantitative estimate of drug-likeness (QED) is 0.143. The van der Waals surface area contributed by atoms with Crippen molar-refractivity contribution >= 4 is 44.0 Å². The van der Waals surface area contributed by atoms with Crippen molar-refractivity contribution in [3.8, 4) is 34.2 Å². The molecule has 0 aliphatic heterocycles. The number of hydrogen-bond donors (Lipinski definition) is 0. The van der Waals surface area contributed by atoms with Crippen LogP contribution < -0.4 is 0 Å². The van der Waals surface area contributed by atoms with Crippen molar-refractivity contribution in [1.29, 1.82) is 0 Å². The van der Waals surface area contributed by atoms with Crippen LogP contribution in [0.3, 0.4) is 0 Å². The van der Waals surface area contributed by atoms with Crippen molar-refractivity contribution in [2.24, 2.45) is 0 Å². The van der Waals surface area contributed by atoms with Gasteiger partial charge in [-0.3, -0.25) is 9.97 Å². The standard InChI is InChI=1S/C33H31N2O.C25H25N2.Ir/c1-19(2)25-17-21(5)18-26(20(3)4)31(25)35-28-13-9-8-12-27(28)34-33(35)24-16-15-22(6)30-23-11-7-10-14-29(23)36-32(24)30;1-17(2)20-13-10-14-21(18(3)4)24(20)27-23-16-9-8-15-22(23)26-25(27)19-11-6-5-7-12-19;/h7-15,17-20H,1-6H3;5-11,13-18H,1-4H3;/q2*-1;/i6D3;;. The van der Waals surface area contributed by atoms with Crippen LogP contribution in [0.25, 0.3) is 78.2 Å². The molecule has 0 saturated carbocycles. The van der Waals surface area contributed by atoms with Crippen LogP contribution in [0, 0.1) is 25.9 Å². The fraction of sp³-hybridized carbons (Fsp3) is 0.241. The number of furan rings is 1. The minimum Gasteiger partial charge on any atom is -0.501 e. The molecule has 0 saturated heterocycles. The van der Waals surface area contributed by atoms with E-state index in [0.29, 0.717) is 39.8 Å². The zero-order chi connectivity index (χ0) is 46.6. The van der Waals surface area contributed by atoms with Crippen molar-refractivity contribution in [3.05, 3.63) is 179 Å². The summed E-state index contributed by atoms with van der Waals surface area (Å²) in [4.78, 5) is 10.1. The van der Waals surface area contributed by atoms with E-state index < -0.39 is 6.85 Å². The number of aromatic nitrogens is 4. The minimum absolute atomic E-state index is 0. The van der Waals surface area contributed by atoms with E-state index in [-0.39, 0.29) is 37.5 Å². The number of hydrogen-bond acceptors (Lipinski definition) is 3. The summed E-state index contributed by atoms with van der Waals surface area (Å²) in [5.41, 5.74) is 15.8. The number of benzene rings is 7. The minimum atomic E-state index is -2.31. The average molecular weight is 1020 g/mol. The molecule has 0 bridgehead atoms. The van der Waals surface area contributed by atoms with Crippen LogP contribution in [-0.4, -0.2) is 19.1 Å². The summed E-state index contributed by atoms with van der Waals surface area (Å²) in [7, 11) is 0. The molecule has 3 aromatic heterocycles. The molecule has 0 atom stereocenters. The Morgan fingerprint density at radius 2 is 1.11 bits per heavy atom. The van der Waals surface area contributed by atoms with Crippen LogP contribution >= 0.6 is 0 Å². The third kappa shape index (κ3) is 7.92. The first-order valence-electron chi connectivity index (χ1n) is 23.7. The van der Waals surface area contributed by atoms with Crippen molar-refractivity contribution in [1.82, 2.24) is 19.1 Å². The smallest absolute Gasteiger partial charge is 0.120 e. The Hall–Kier alpha value is -6.07. The normalized spacial score (nSPS) is 12.6. The molecule has 0 spiro atoms. The molecule has 10 aromatic rings. The predicted octanol–water partition coefficient (Wildman–Crippen LogP) is 16.0. The van der Waals surface area contributed by atoms with Crippen LogP contribution in [0.2, 0.25) is 0 Å². The first-order chi connectivity index (χ1) is 31.6. The van der Waals surface area contributed by atoms with Crippen LogP contribution in [-0.2, 0) is 20.1 Å². The zero-order valence-electron chi connectivity index (χ0n) is 41.0. The fourth-order valence-corrected chi connectivity index (χ4v) is 9.07. The van der Waals surface area contributed by atoms with Gasteiger partial charge in [-0.05, 0) is 83.2 Å². The number of rotatable bonds is 8. The molecule has 6 heteroatoms. The fourth-order valence-electron chi connectivity index (χ4n) is 9.07. The van der Waals surface area contributed by atoms with Gasteiger partial charge in [0.25, 0.3) is 0 Å². The number of nitrogens with zero attached hydrogens (tertiary/aromatic N) is 4. The molecule has 0 aliphatic carbocycles. The molecule has 64 heavy (non-hydrogen) atoms. The number of para-hydroxylation sites is 6. The summed E-state index contributed by atoms with van der Waals surface area (Å²) in [6, 6.07) is 51.7. The molecule has 0 N–H and O–H groups in total. The molecule has 5 nitrogen and oxygen atoms in total. The average Bonchev–Trinajstić information content (AvgIpc) is 4.00. The van der Waals surface area contributed by atoms with E-state index in [9.17, 15) is 0 Å². The molecule has 0 fully saturated rings. The molecule has 3 heterocycles. The largest absolute Gasteiger partial charge is 0.501 e. The molecule has 10 rings (SSSR count). The second-order valence-corrected chi connectivity index (χ2v) is 17.9. The van der Waals surface area contributed by atoms with Gasteiger partial charge < -0.3 is 13.6 Å². The van der Waals surface area contributed by atoms with Crippen LogP contribution in [0.5, 0.6) is 0 Å². The summed E-state index contributed by atoms with van der Waals surface area (Å²) < 4.78 is 35.7. The maximum Gasteiger partial charge on any atom is 0.120 e. The topological polar surface area (TPSA) is 48.8 Å². The monoisotopic (exact) mass is 1020 g/mol. The summed E-state index contributed by atoms with van der Waals surface area (Å²) in [5.74, 6) is 3.04. The van der Waals surface area contributed by atoms with Gasteiger partial charge in [-0.2, -0.15) is 0 Å². The summed E-state index contributed by atoms with van der Waals surface area (Å²) in [6.45, 7) is 17.7. The van der Waals surface area contributed by atoms with Gasteiger partial charge in [0.15, 0.2) is 0 Å². The molecule has 0 aliphatic rings. The van der Waals surface area contributed by atoms with Gasteiger partial charge in [0.05, 0.1) is 39.3 Å². The zero-order valence-corrected chi connectivity index (χ0v) is 40.4. The molecular formula is C58H56IrN4O-2. The summed E-state index contributed by atoms with van der Waals surface area (Å²) in [6.07, 6.45) is 0. The Morgan fingerprint density at radius 3 is 1.69 bits per heavy atom. The van der Waals surface area contributed by atoms with E-state index in [1.807, 2.05) is 60.7 Å². The molecule has 325 valence electrons. The maximum atomic E-state index is 8.23. The Bertz CT molecular complexity index is 3340. The van der Waals surface area contributed by atoms with Crippen LogP contribution in [0.4, 0.5) is 0 Å². The molecule has 0 amide bonds. The Morgan fingerprint density at radius 1 is 0.578 bits per heavy atom. The van der Waals surface area contributed by atoms with Crippen LogP contribution in [0.1, 0.15) is 117 Å². The van der Waals surface area contributed by atoms with E-state index >= 15 is 0 Å². The molecular weight excluding hydrogens is 961 g/mol. The Labute approximate surface area is 395 Å². The van der Waals surface area contributed by atoms with E-state index in [2.05, 4.69) is 150 Å². The molecule has 0 unspecified atom stereocenters. The Balaban J connectivity index is 0.000000191. The van der Waals surface area contributed by atoms with E-state index in [1.54, 1.807) is 6.07 Å². The first kappa shape index (κ1) is 40.7. The van der Waals surface area contributed by atoms with Gasteiger partial charge in [0.1, 0.15) is 5.58 Å². The third-order valence-corrected chi connectivity index (χ3v) is 12.1. The number of aryl methyl sites for hydroxylation is 2. The second-order valence-electron chi connectivity index (χ2n) is 17.9. The van der Waals surface area contributed by atoms with Gasteiger partial charge >= 0.3 is 0 Å². The number of imidazole rings is 2. The van der Waals surface area contributed by atoms with Gasteiger partial charge in [0.2, 0.25) is 0 Å². The Kier molecular flexibility index (Phi) is 11.6. The van der Waals surface area contributed by atoms with E-state index in [1.165, 1.54) is 33.5 Å². The van der Waals surface area contributed by atoms with E-state index in [0.717, 1.165) is 44.5 Å². The SMILES string of the molecule is CC(C)c1cccc(C(C)C)c1-n1c(-c2[c-]cccc2)nc2ccccc21.[2H]C([2H])([2H])c1c[c-]c(-c2nc3ccccc3n2-c2c(C(C)C)cc(C)cc2C(C)C)c2oc3ccccc3c12.[Ir]. The summed E-state index contributed by atoms with van der Waals surface area (Å²) >= 11 is 0.